The van der Waals surface area contributed by atoms with E-state index in [4.69, 9.17) is 21.1 Å². The molecule has 0 radical (unpaired) electrons. The molecule has 10 heteroatoms. The number of carbonyl (C=O) groups excluding carboxylic acids is 1. The van der Waals surface area contributed by atoms with Crippen LogP contribution in [-0.2, 0) is 22.6 Å². The van der Waals surface area contributed by atoms with Crippen molar-refractivity contribution in [2.75, 3.05) is 13.2 Å². The van der Waals surface area contributed by atoms with Gasteiger partial charge in [-0.15, -0.1) is 0 Å². The first-order chi connectivity index (χ1) is 17.4. The molecule has 2 heterocycles. The van der Waals surface area contributed by atoms with E-state index >= 15 is 0 Å². The Bertz CT molecular complexity index is 1560. The topological polar surface area (TPSA) is 112 Å². The summed E-state index contributed by atoms with van der Waals surface area (Å²) in [7, 11) is 0. The van der Waals surface area contributed by atoms with E-state index in [0.717, 1.165) is 5.39 Å². The van der Waals surface area contributed by atoms with E-state index < -0.39 is 5.97 Å². The first-order valence-corrected chi connectivity index (χ1v) is 12.2. The maximum absolute atomic E-state index is 13.0. The molecule has 0 saturated heterocycles. The first-order valence-electron chi connectivity index (χ1n) is 11.8. The van der Waals surface area contributed by atoms with Gasteiger partial charge in [0, 0.05) is 17.0 Å². The molecule has 1 fully saturated rings. The first kappa shape index (κ1) is 23.8. The fourth-order valence-electron chi connectivity index (χ4n) is 4.04. The molecule has 4 aromatic rings. The number of aromatic nitrogens is 4. The number of rotatable bonds is 9. The van der Waals surface area contributed by atoms with Gasteiger partial charge in [0.15, 0.2) is 0 Å². The van der Waals surface area contributed by atoms with Gasteiger partial charge in [-0.1, -0.05) is 11.6 Å². The smallest absolute Gasteiger partial charge is 0.307 e. The Hall–Kier alpha value is -3.90. The number of carbonyl (C=O) groups is 1. The summed E-state index contributed by atoms with van der Waals surface area (Å²) in [6, 6.07) is 10.6. The number of ether oxygens (including phenoxy) is 2. The van der Waals surface area contributed by atoms with Gasteiger partial charge in [0.25, 0.3) is 5.56 Å². The molecule has 5 rings (SSSR count). The lowest BCUT2D eigenvalue weighted by atomic mass is 10.1. The normalized spacial score (nSPS) is 13.1. The third-order valence-corrected chi connectivity index (χ3v) is 6.38. The Kier molecular flexibility index (Phi) is 6.61. The molecular formula is C26H24ClN5O4. The number of aryl methyl sites for hydroxylation is 1. The Morgan fingerprint density at radius 2 is 2.06 bits per heavy atom. The standard InChI is InChI=1S/C26H24ClN5O4/c1-2-35-25(33)7-8-32-26(34)19-6-5-17(12-28)9-20(19)23(30-32)14-31-13-18-10-24(36-15-16-3-4-16)21(27)11-22(18)29-31/h5-6,9-11,13,16H,2-4,7-8,14-15H2,1H3. The van der Waals surface area contributed by atoms with Gasteiger partial charge in [0.05, 0.1) is 66.0 Å². The zero-order valence-electron chi connectivity index (χ0n) is 19.7. The molecule has 0 spiro atoms. The molecule has 0 amide bonds. The van der Waals surface area contributed by atoms with Crippen molar-refractivity contribution >= 4 is 39.2 Å². The summed E-state index contributed by atoms with van der Waals surface area (Å²) in [6.45, 7) is 2.98. The van der Waals surface area contributed by atoms with E-state index in [1.807, 2.05) is 12.3 Å². The molecule has 0 aliphatic heterocycles. The number of benzene rings is 2. The largest absolute Gasteiger partial charge is 0.492 e. The number of nitrogens with zero attached hydrogens (tertiary/aromatic N) is 5. The van der Waals surface area contributed by atoms with Crippen LogP contribution in [0, 0.1) is 17.2 Å². The summed E-state index contributed by atoms with van der Waals surface area (Å²) >= 11 is 6.42. The van der Waals surface area contributed by atoms with Gasteiger partial charge in [-0.2, -0.15) is 15.5 Å². The molecule has 1 aliphatic rings. The highest BCUT2D eigenvalue weighted by atomic mass is 35.5. The molecule has 9 nitrogen and oxygen atoms in total. The molecule has 1 saturated carbocycles. The lowest BCUT2D eigenvalue weighted by Crippen LogP contribution is -2.27. The summed E-state index contributed by atoms with van der Waals surface area (Å²) in [5, 5.41) is 20.9. The van der Waals surface area contributed by atoms with E-state index in [0.29, 0.717) is 50.8 Å². The third kappa shape index (κ3) is 5.04. The van der Waals surface area contributed by atoms with Crippen LogP contribution in [0.25, 0.3) is 21.7 Å². The van der Waals surface area contributed by atoms with Crippen LogP contribution < -0.4 is 10.3 Å². The van der Waals surface area contributed by atoms with Gasteiger partial charge in [-0.25, -0.2) is 4.68 Å². The van der Waals surface area contributed by atoms with Crippen molar-refractivity contribution in [2.24, 2.45) is 5.92 Å². The number of hydrogen-bond acceptors (Lipinski definition) is 7. The number of nitriles is 1. The molecular weight excluding hydrogens is 482 g/mol. The van der Waals surface area contributed by atoms with Crippen molar-refractivity contribution in [1.82, 2.24) is 19.6 Å². The van der Waals surface area contributed by atoms with E-state index in [1.165, 1.54) is 17.5 Å². The minimum absolute atomic E-state index is 0.0236. The Balaban J connectivity index is 1.50. The maximum Gasteiger partial charge on any atom is 0.307 e. The predicted octanol–water partition coefficient (Wildman–Crippen LogP) is 4.06. The highest BCUT2D eigenvalue weighted by Gasteiger charge is 2.22. The Morgan fingerprint density at radius 1 is 1.22 bits per heavy atom. The average molecular weight is 506 g/mol. The molecule has 1 aliphatic carbocycles. The summed E-state index contributed by atoms with van der Waals surface area (Å²) in [6.07, 6.45) is 4.27. The summed E-state index contributed by atoms with van der Waals surface area (Å²) < 4.78 is 13.8. The summed E-state index contributed by atoms with van der Waals surface area (Å²) in [5.74, 6) is 0.838. The van der Waals surface area contributed by atoms with Crippen molar-refractivity contribution in [3.8, 4) is 11.8 Å². The number of halogens is 1. The van der Waals surface area contributed by atoms with Crippen LogP contribution in [0.4, 0.5) is 0 Å². The Morgan fingerprint density at radius 3 is 2.81 bits per heavy atom. The van der Waals surface area contributed by atoms with Gasteiger partial charge in [0.1, 0.15) is 5.75 Å². The van der Waals surface area contributed by atoms with Crippen molar-refractivity contribution in [2.45, 2.75) is 39.3 Å². The van der Waals surface area contributed by atoms with Crippen molar-refractivity contribution in [3.05, 3.63) is 63.2 Å². The summed E-state index contributed by atoms with van der Waals surface area (Å²) in [4.78, 5) is 24.9. The van der Waals surface area contributed by atoms with Crippen LogP contribution in [0.15, 0.2) is 41.3 Å². The second kappa shape index (κ2) is 9.99. The highest BCUT2D eigenvalue weighted by Crippen LogP contribution is 2.34. The monoisotopic (exact) mass is 505 g/mol. The third-order valence-electron chi connectivity index (χ3n) is 6.09. The van der Waals surface area contributed by atoms with Crippen molar-refractivity contribution in [3.63, 3.8) is 0 Å². The molecule has 184 valence electrons. The van der Waals surface area contributed by atoms with Crippen LogP contribution in [0.1, 0.15) is 37.4 Å². The maximum atomic E-state index is 13.0. The zero-order chi connectivity index (χ0) is 25.2. The van der Waals surface area contributed by atoms with Gasteiger partial charge < -0.3 is 9.47 Å². The van der Waals surface area contributed by atoms with Crippen molar-refractivity contribution < 1.29 is 14.3 Å². The average Bonchev–Trinajstić information content (AvgIpc) is 3.62. The zero-order valence-corrected chi connectivity index (χ0v) is 20.5. The van der Waals surface area contributed by atoms with Crippen LogP contribution in [0.5, 0.6) is 5.75 Å². The van der Waals surface area contributed by atoms with E-state index in [9.17, 15) is 14.9 Å². The van der Waals surface area contributed by atoms with E-state index in [1.54, 1.807) is 35.9 Å². The highest BCUT2D eigenvalue weighted by molar-refractivity contribution is 6.32. The Labute approximate surface area is 211 Å². The van der Waals surface area contributed by atoms with E-state index in [2.05, 4.69) is 16.3 Å². The fourth-order valence-corrected chi connectivity index (χ4v) is 4.25. The minimum atomic E-state index is -0.400. The number of fused-ring (bicyclic) bond motifs is 2. The minimum Gasteiger partial charge on any atom is -0.492 e. The van der Waals surface area contributed by atoms with Crippen molar-refractivity contribution in [1.29, 1.82) is 5.26 Å². The van der Waals surface area contributed by atoms with Gasteiger partial charge in [-0.05, 0) is 56.0 Å². The second-order valence-corrected chi connectivity index (χ2v) is 9.23. The lowest BCUT2D eigenvalue weighted by Gasteiger charge is -2.11. The molecule has 2 aromatic carbocycles. The molecule has 0 atom stereocenters. The van der Waals surface area contributed by atoms with Gasteiger partial charge in [0.2, 0.25) is 0 Å². The number of hydrogen-bond donors (Lipinski definition) is 0. The van der Waals surface area contributed by atoms with Crippen LogP contribution in [0.3, 0.4) is 0 Å². The van der Waals surface area contributed by atoms with Gasteiger partial charge >= 0.3 is 5.97 Å². The molecule has 0 unspecified atom stereocenters. The van der Waals surface area contributed by atoms with Gasteiger partial charge in [-0.3, -0.25) is 14.3 Å². The summed E-state index contributed by atoms with van der Waals surface area (Å²) in [5.41, 5.74) is 1.34. The SMILES string of the molecule is CCOC(=O)CCn1nc(Cn2cc3cc(OCC4CC4)c(Cl)cc3n2)c2cc(C#N)ccc2c1=O. The predicted molar refractivity (Wildman–Crippen MR) is 134 cm³/mol. The molecule has 2 aromatic heterocycles. The number of esters is 1. The lowest BCUT2D eigenvalue weighted by molar-refractivity contribution is -0.143. The second-order valence-electron chi connectivity index (χ2n) is 8.82. The molecule has 0 bridgehead atoms. The quantitative estimate of drug-likeness (QED) is 0.315. The fraction of sp³-hybridized carbons (Fsp3) is 0.346. The van der Waals surface area contributed by atoms with Crippen LogP contribution >= 0.6 is 11.6 Å². The molecule has 0 N–H and O–H groups in total. The van der Waals surface area contributed by atoms with Crippen LogP contribution in [0.2, 0.25) is 5.02 Å². The molecule has 36 heavy (non-hydrogen) atoms. The van der Waals surface area contributed by atoms with Crippen LogP contribution in [-0.4, -0.2) is 38.7 Å². The van der Waals surface area contributed by atoms with E-state index in [-0.39, 0.29) is 31.7 Å².